The van der Waals surface area contributed by atoms with Crippen molar-refractivity contribution in [3.63, 3.8) is 0 Å². The summed E-state index contributed by atoms with van der Waals surface area (Å²) in [7, 11) is 0. The maximum Gasteiger partial charge on any atom is 0.291 e. The van der Waals surface area contributed by atoms with E-state index in [-0.39, 0.29) is 5.56 Å². The quantitative estimate of drug-likeness (QED) is 0.345. The van der Waals surface area contributed by atoms with Gasteiger partial charge in [0.15, 0.2) is 0 Å². The van der Waals surface area contributed by atoms with Gasteiger partial charge in [-0.05, 0) is 24.3 Å². The van der Waals surface area contributed by atoms with Gasteiger partial charge < -0.3 is 25.4 Å². The van der Waals surface area contributed by atoms with Gasteiger partial charge in [0.2, 0.25) is 12.1 Å². The lowest BCUT2D eigenvalue weighted by molar-refractivity contribution is -0.117. The van der Waals surface area contributed by atoms with Crippen LogP contribution in [0.15, 0.2) is 82.8 Å². The van der Waals surface area contributed by atoms with Gasteiger partial charge >= 0.3 is 0 Å². The second kappa shape index (κ2) is 12.8. The Hall–Kier alpha value is -4.57. The molecule has 3 aromatic carbocycles. The maximum absolute atomic E-state index is 14.1. The number of aliphatic imine (C=N–C) groups is 2. The number of benzodiazepines with no additional fused rings is 1. The molecular weight excluding hydrogens is 499 g/mol. The zero-order valence-corrected chi connectivity index (χ0v) is 21.9. The predicted octanol–water partition coefficient (Wildman–Crippen LogP) is 4.16. The Balaban J connectivity index is 0.00000172. The van der Waals surface area contributed by atoms with Crippen LogP contribution in [0.1, 0.15) is 30.5 Å². The second-order valence-electron chi connectivity index (χ2n) is 8.41. The molecule has 4 N–H and O–H groups in total. The highest BCUT2D eigenvalue weighted by molar-refractivity contribution is 6.19. The van der Waals surface area contributed by atoms with E-state index in [0.717, 1.165) is 11.1 Å². The lowest BCUT2D eigenvalue weighted by Crippen LogP contribution is -2.37. The van der Waals surface area contributed by atoms with Crippen molar-refractivity contribution in [2.24, 2.45) is 15.7 Å². The lowest BCUT2D eigenvalue weighted by atomic mass is 10.0. The van der Waals surface area contributed by atoms with Crippen LogP contribution in [0, 0.1) is 11.2 Å². The van der Waals surface area contributed by atoms with Crippen LogP contribution in [-0.4, -0.2) is 56.0 Å². The highest BCUT2D eigenvalue weighted by Crippen LogP contribution is 2.26. The number of anilines is 2. The molecule has 3 aromatic rings. The van der Waals surface area contributed by atoms with Crippen molar-refractivity contribution in [3.8, 4) is 0 Å². The first-order valence-corrected chi connectivity index (χ1v) is 12.8. The topological polar surface area (TPSA) is 125 Å². The number of carbonyl (C=O) groups is 1. The Labute approximate surface area is 226 Å². The summed E-state index contributed by atoms with van der Waals surface area (Å²) < 4.78 is 24.9. The van der Waals surface area contributed by atoms with Crippen molar-refractivity contribution in [3.05, 3.63) is 95.3 Å². The molecule has 0 aliphatic carbocycles. The average molecular weight is 531 g/mol. The molecule has 2 heterocycles. The van der Waals surface area contributed by atoms with Crippen LogP contribution >= 0.6 is 0 Å². The molecule has 202 valence electrons. The summed E-state index contributed by atoms with van der Waals surface area (Å²) in [5.74, 6) is -1.42. The van der Waals surface area contributed by atoms with Crippen molar-refractivity contribution in [1.82, 2.24) is 0 Å². The molecule has 0 saturated carbocycles. The number of nitrogens with two attached hydrogens (primary N) is 1. The first-order valence-electron chi connectivity index (χ1n) is 12.8. The Morgan fingerprint density at radius 3 is 2.54 bits per heavy atom. The number of hydrogen-bond donors (Lipinski definition) is 3. The largest absolute Gasteiger partial charge is 0.407 e. The summed E-state index contributed by atoms with van der Waals surface area (Å²) in [5.41, 5.74) is 9.55. The van der Waals surface area contributed by atoms with Gasteiger partial charge in [-0.3, -0.25) is 10.2 Å². The highest BCUT2D eigenvalue weighted by Gasteiger charge is 2.26. The maximum atomic E-state index is 14.1. The third-order valence-electron chi connectivity index (χ3n) is 5.98. The fourth-order valence-corrected chi connectivity index (χ4v) is 4.24. The van der Waals surface area contributed by atoms with Gasteiger partial charge in [0.05, 0.1) is 30.2 Å². The highest BCUT2D eigenvalue weighted by atomic mass is 19.1. The van der Waals surface area contributed by atoms with Crippen molar-refractivity contribution in [1.29, 1.82) is 5.41 Å². The third kappa shape index (κ3) is 6.47. The van der Waals surface area contributed by atoms with E-state index >= 15 is 0 Å². The fraction of sp³-hybridized carbons (Fsp3) is 0.241. The Kier molecular flexibility index (Phi) is 9.01. The minimum Gasteiger partial charge on any atom is -0.407 e. The smallest absolute Gasteiger partial charge is 0.291 e. The number of para-hydroxylation sites is 1. The predicted molar refractivity (Wildman–Crippen MR) is 151 cm³/mol. The number of carbonyl (C=O) groups excluding carboxylic acids is 1. The molecular formula is C29H31FN6O3. The molecule has 1 amide bonds. The van der Waals surface area contributed by atoms with Gasteiger partial charge in [-0.1, -0.05) is 62.4 Å². The van der Waals surface area contributed by atoms with Gasteiger partial charge in [-0.2, -0.15) is 4.99 Å². The van der Waals surface area contributed by atoms with Gasteiger partial charge in [0.25, 0.3) is 11.9 Å². The van der Waals surface area contributed by atoms with Gasteiger partial charge in [0.1, 0.15) is 5.82 Å². The van der Waals surface area contributed by atoms with E-state index in [1.807, 2.05) is 67.3 Å². The molecule has 5 rings (SSSR count). The minimum absolute atomic E-state index is 0.214. The molecule has 2 aliphatic rings. The molecule has 0 bridgehead atoms. The summed E-state index contributed by atoms with van der Waals surface area (Å²) in [5, 5.41) is 11.3. The Morgan fingerprint density at radius 1 is 1.10 bits per heavy atom. The molecule has 0 spiro atoms. The molecule has 9 nitrogen and oxygen atoms in total. The van der Waals surface area contributed by atoms with E-state index in [9.17, 15) is 9.18 Å². The molecule has 1 fully saturated rings. The number of morpholine rings is 1. The minimum atomic E-state index is -1.26. The van der Waals surface area contributed by atoms with E-state index in [2.05, 4.69) is 15.3 Å². The van der Waals surface area contributed by atoms with Crippen molar-refractivity contribution in [2.75, 3.05) is 36.5 Å². The Bertz CT molecular complexity index is 1390. The Morgan fingerprint density at radius 2 is 1.79 bits per heavy atom. The number of nitrogens with zero attached hydrogens (tertiary/aromatic N) is 3. The van der Waals surface area contributed by atoms with Crippen LogP contribution in [0.4, 0.5) is 15.8 Å². The standard InChI is InChI=1S/C27H25FN6O3.C2H6/c28-18-10-11-22(34-12-14-36-15-13-34)20(16-18)24(29)37-27(30)33-25-26(35)31-21-9-5-4-8-19(21)23(32-25)17-6-2-1-3-7-17;1-2/h1-11,16,25,29H,12-15H2,(H2,30,33)(H,31,35);1-2H3. The number of fused-ring (bicyclic) bond motifs is 1. The fourth-order valence-electron chi connectivity index (χ4n) is 4.24. The number of benzene rings is 3. The van der Waals surface area contributed by atoms with Crippen LogP contribution in [0.25, 0.3) is 0 Å². The van der Waals surface area contributed by atoms with E-state index in [4.69, 9.17) is 20.6 Å². The number of halogens is 1. The number of amides is 1. The van der Waals surface area contributed by atoms with Crippen molar-refractivity contribution in [2.45, 2.75) is 20.0 Å². The molecule has 39 heavy (non-hydrogen) atoms. The number of rotatable bonds is 4. The molecule has 1 unspecified atom stereocenters. The second-order valence-corrected chi connectivity index (χ2v) is 8.41. The number of amidine groups is 1. The van der Waals surface area contributed by atoms with Crippen molar-refractivity contribution >= 4 is 34.9 Å². The van der Waals surface area contributed by atoms with E-state index in [1.54, 1.807) is 12.1 Å². The monoisotopic (exact) mass is 530 g/mol. The van der Waals surface area contributed by atoms with Crippen LogP contribution in [-0.2, 0) is 14.3 Å². The van der Waals surface area contributed by atoms with Crippen LogP contribution in [0.5, 0.6) is 0 Å². The summed E-state index contributed by atoms with van der Waals surface area (Å²) in [6.45, 7) is 6.23. The SMILES string of the molecule is CC.N=C(O/C(N)=N/C1N=C(c2ccccc2)c2ccccc2NC1=O)c1cc(F)ccc1N1CCOCC1. The molecule has 1 atom stereocenters. The van der Waals surface area contributed by atoms with Crippen LogP contribution < -0.4 is 16.0 Å². The summed E-state index contributed by atoms with van der Waals surface area (Å²) >= 11 is 0. The summed E-state index contributed by atoms with van der Waals surface area (Å²) in [6.07, 6.45) is -1.26. The van der Waals surface area contributed by atoms with Gasteiger partial charge in [0, 0.05) is 29.9 Å². The van der Waals surface area contributed by atoms with Gasteiger partial charge in [-0.25, -0.2) is 9.38 Å². The number of ether oxygens (including phenoxy) is 2. The summed E-state index contributed by atoms with van der Waals surface area (Å²) in [4.78, 5) is 23.7. The number of nitrogens with one attached hydrogen (secondary N) is 2. The molecule has 1 saturated heterocycles. The van der Waals surface area contributed by atoms with E-state index < -0.39 is 29.8 Å². The van der Waals surface area contributed by atoms with Crippen LogP contribution in [0.2, 0.25) is 0 Å². The van der Waals surface area contributed by atoms with Crippen molar-refractivity contribution < 1.29 is 18.7 Å². The normalized spacial score (nSPS) is 17.1. The average Bonchev–Trinajstić information content (AvgIpc) is 3.11. The third-order valence-corrected chi connectivity index (χ3v) is 5.98. The van der Waals surface area contributed by atoms with Crippen LogP contribution in [0.3, 0.4) is 0 Å². The first kappa shape index (κ1) is 27.5. The number of hydrogen-bond acceptors (Lipinski definition) is 7. The summed E-state index contributed by atoms with van der Waals surface area (Å²) in [6, 6.07) is 20.4. The lowest BCUT2D eigenvalue weighted by Gasteiger charge is -2.30. The zero-order valence-electron chi connectivity index (χ0n) is 21.9. The molecule has 0 radical (unpaired) electrons. The zero-order chi connectivity index (χ0) is 27.8. The van der Waals surface area contributed by atoms with E-state index in [1.165, 1.54) is 12.1 Å². The van der Waals surface area contributed by atoms with E-state index in [0.29, 0.717) is 43.4 Å². The first-order chi connectivity index (χ1) is 19.0. The van der Waals surface area contributed by atoms with Gasteiger partial charge in [-0.15, -0.1) is 0 Å². The molecule has 10 heteroatoms. The molecule has 2 aliphatic heterocycles. The molecule has 0 aromatic heterocycles.